The summed E-state index contributed by atoms with van der Waals surface area (Å²) in [5, 5.41) is 13.5. The molecular formula is C16H25ClN4O5S. The van der Waals surface area contributed by atoms with Crippen LogP contribution in [0.15, 0.2) is 29.2 Å². The first kappa shape index (κ1) is 23.3. The van der Waals surface area contributed by atoms with E-state index in [2.05, 4.69) is 5.32 Å². The van der Waals surface area contributed by atoms with Crippen LogP contribution in [0.5, 0.6) is 0 Å². The largest absolute Gasteiger partial charge is 0.356 e. The predicted octanol–water partition coefficient (Wildman–Crippen LogP) is 1.27. The van der Waals surface area contributed by atoms with Gasteiger partial charge in [-0.15, -0.1) is 12.4 Å². The van der Waals surface area contributed by atoms with Crippen molar-refractivity contribution in [3.05, 3.63) is 34.4 Å². The Hall–Kier alpha value is -1.75. The van der Waals surface area contributed by atoms with Gasteiger partial charge in [-0.2, -0.15) is 4.31 Å². The van der Waals surface area contributed by atoms with Crippen molar-refractivity contribution in [1.29, 1.82) is 0 Å². The normalized spacial score (nSPS) is 17.7. The molecule has 0 spiro atoms. The Balaban J connectivity index is 0.00000364. The molecular weight excluding hydrogens is 396 g/mol. The van der Waals surface area contributed by atoms with E-state index in [-0.39, 0.29) is 35.4 Å². The van der Waals surface area contributed by atoms with Crippen LogP contribution in [0, 0.1) is 16.0 Å². The van der Waals surface area contributed by atoms with Gasteiger partial charge in [0.25, 0.3) is 5.69 Å². The number of carbonyl (C=O) groups excluding carboxylic acids is 1. The fraction of sp³-hybridized carbons (Fsp3) is 0.562. The van der Waals surface area contributed by atoms with Gasteiger partial charge in [-0.05, 0) is 44.4 Å². The molecule has 1 aromatic rings. The molecule has 11 heteroatoms. The van der Waals surface area contributed by atoms with E-state index in [9.17, 15) is 23.3 Å². The molecule has 1 unspecified atom stereocenters. The number of nitrogens with one attached hydrogen (secondary N) is 1. The molecule has 27 heavy (non-hydrogen) atoms. The number of benzene rings is 1. The van der Waals surface area contributed by atoms with E-state index >= 15 is 0 Å². The van der Waals surface area contributed by atoms with E-state index in [1.165, 1.54) is 28.6 Å². The number of amides is 1. The lowest BCUT2D eigenvalue weighted by Gasteiger charge is -2.31. The predicted molar refractivity (Wildman–Crippen MR) is 103 cm³/mol. The van der Waals surface area contributed by atoms with Crippen LogP contribution >= 0.6 is 12.4 Å². The number of unbranched alkanes of at least 4 members (excludes halogenated alkanes) is 1. The average Bonchev–Trinajstić information content (AvgIpc) is 2.65. The van der Waals surface area contributed by atoms with E-state index in [4.69, 9.17) is 5.73 Å². The monoisotopic (exact) mass is 420 g/mol. The third-order valence-electron chi connectivity index (χ3n) is 4.37. The van der Waals surface area contributed by atoms with Crippen LogP contribution in [0.2, 0.25) is 0 Å². The summed E-state index contributed by atoms with van der Waals surface area (Å²) in [6, 6.07) is 4.78. The van der Waals surface area contributed by atoms with Crippen molar-refractivity contribution in [2.75, 3.05) is 26.2 Å². The van der Waals surface area contributed by atoms with Gasteiger partial charge < -0.3 is 11.1 Å². The van der Waals surface area contributed by atoms with Gasteiger partial charge in [-0.25, -0.2) is 8.42 Å². The molecule has 9 nitrogen and oxygen atoms in total. The molecule has 1 fully saturated rings. The minimum atomic E-state index is -3.79. The maximum Gasteiger partial charge on any atom is 0.269 e. The number of rotatable bonds is 8. The molecule has 0 saturated carbocycles. The standard InChI is InChI=1S/C16H24N4O5S.ClH/c17-9-1-2-10-18-16(21)13-4-3-11-19(12-13)26(24,25)15-7-5-14(6-8-15)20(22)23;/h5-8,13H,1-4,9-12,17H2,(H,18,21);1H. The van der Waals surface area contributed by atoms with Crippen molar-refractivity contribution < 1.29 is 18.1 Å². The van der Waals surface area contributed by atoms with Crippen LogP contribution in [0.1, 0.15) is 25.7 Å². The first-order valence-corrected chi connectivity index (χ1v) is 10.0. The summed E-state index contributed by atoms with van der Waals surface area (Å²) in [5.41, 5.74) is 5.24. The minimum Gasteiger partial charge on any atom is -0.356 e. The van der Waals surface area contributed by atoms with E-state index in [0.717, 1.165) is 12.8 Å². The lowest BCUT2D eigenvalue weighted by atomic mass is 9.99. The highest BCUT2D eigenvalue weighted by atomic mass is 35.5. The molecule has 1 atom stereocenters. The van der Waals surface area contributed by atoms with Crippen LogP contribution < -0.4 is 11.1 Å². The summed E-state index contributed by atoms with van der Waals surface area (Å²) in [6.45, 7) is 1.54. The fourth-order valence-corrected chi connectivity index (χ4v) is 4.41. The van der Waals surface area contributed by atoms with Gasteiger partial charge in [0.15, 0.2) is 0 Å². The quantitative estimate of drug-likeness (QED) is 0.369. The van der Waals surface area contributed by atoms with Gasteiger partial charge >= 0.3 is 0 Å². The Kier molecular flexibility index (Phi) is 9.10. The summed E-state index contributed by atoms with van der Waals surface area (Å²) in [6.07, 6.45) is 2.84. The molecule has 2 rings (SSSR count). The van der Waals surface area contributed by atoms with Gasteiger partial charge in [0.1, 0.15) is 0 Å². The summed E-state index contributed by atoms with van der Waals surface area (Å²) in [5.74, 6) is -0.542. The summed E-state index contributed by atoms with van der Waals surface area (Å²) in [4.78, 5) is 22.4. The second kappa shape index (κ2) is 10.5. The Bertz CT molecular complexity index is 742. The zero-order valence-electron chi connectivity index (χ0n) is 14.9. The Labute approximate surface area is 164 Å². The van der Waals surface area contributed by atoms with E-state index in [0.29, 0.717) is 32.5 Å². The summed E-state index contributed by atoms with van der Waals surface area (Å²) in [7, 11) is -3.79. The third kappa shape index (κ3) is 6.13. The van der Waals surface area contributed by atoms with Gasteiger partial charge in [0, 0.05) is 31.8 Å². The first-order valence-electron chi connectivity index (χ1n) is 8.58. The number of hydrogen-bond acceptors (Lipinski definition) is 6. The van der Waals surface area contributed by atoms with Gasteiger partial charge in [0.2, 0.25) is 15.9 Å². The maximum absolute atomic E-state index is 12.7. The number of sulfonamides is 1. The molecule has 1 aromatic carbocycles. The lowest BCUT2D eigenvalue weighted by molar-refractivity contribution is -0.384. The van der Waals surface area contributed by atoms with Crippen molar-refractivity contribution in [3.63, 3.8) is 0 Å². The number of nitrogens with two attached hydrogens (primary N) is 1. The number of hydrogen-bond donors (Lipinski definition) is 2. The van der Waals surface area contributed by atoms with E-state index in [1.54, 1.807) is 0 Å². The highest BCUT2D eigenvalue weighted by Crippen LogP contribution is 2.25. The zero-order valence-corrected chi connectivity index (χ0v) is 16.5. The highest BCUT2D eigenvalue weighted by molar-refractivity contribution is 7.89. The molecule has 1 aliphatic rings. The van der Waals surface area contributed by atoms with Gasteiger partial charge in [-0.3, -0.25) is 14.9 Å². The number of nitrogens with zero attached hydrogens (tertiary/aromatic N) is 2. The molecule has 1 amide bonds. The Morgan fingerprint density at radius 3 is 2.56 bits per heavy atom. The zero-order chi connectivity index (χ0) is 19.2. The fourth-order valence-electron chi connectivity index (χ4n) is 2.89. The molecule has 0 aliphatic carbocycles. The molecule has 0 bridgehead atoms. The van der Waals surface area contributed by atoms with Crippen molar-refractivity contribution in [3.8, 4) is 0 Å². The Morgan fingerprint density at radius 1 is 1.30 bits per heavy atom. The summed E-state index contributed by atoms with van der Waals surface area (Å²) < 4.78 is 26.8. The second-order valence-corrected chi connectivity index (χ2v) is 8.18. The minimum absolute atomic E-state index is 0. The van der Waals surface area contributed by atoms with E-state index < -0.39 is 20.9 Å². The van der Waals surface area contributed by atoms with Gasteiger partial charge in [-0.1, -0.05) is 0 Å². The number of carbonyl (C=O) groups is 1. The molecule has 0 aromatic heterocycles. The molecule has 0 radical (unpaired) electrons. The van der Waals surface area contributed by atoms with Crippen molar-refractivity contribution in [2.24, 2.45) is 11.7 Å². The smallest absolute Gasteiger partial charge is 0.269 e. The lowest BCUT2D eigenvalue weighted by Crippen LogP contribution is -2.45. The molecule has 3 N–H and O–H groups in total. The maximum atomic E-state index is 12.7. The van der Waals surface area contributed by atoms with Crippen LogP contribution in [0.25, 0.3) is 0 Å². The summed E-state index contributed by atoms with van der Waals surface area (Å²) >= 11 is 0. The van der Waals surface area contributed by atoms with E-state index in [1.807, 2.05) is 0 Å². The third-order valence-corrected chi connectivity index (χ3v) is 6.25. The molecule has 152 valence electrons. The van der Waals surface area contributed by atoms with Crippen molar-refractivity contribution >= 4 is 34.0 Å². The first-order chi connectivity index (χ1) is 12.4. The molecule has 1 aliphatic heterocycles. The molecule has 1 heterocycles. The van der Waals surface area contributed by atoms with Crippen molar-refractivity contribution in [1.82, 2.24) is 9.62 Å². The number of nitro benzene ring substituents is 1. The second-order valence-electron chi connectivity index (χ2n) is 6.24. The Morgan fingerprint density at radius 2 is 1.96 bits per heavy atom. The van der Waals surface area contributed by atoms with Crippen LogP contribution in [-0.2, 0) is 14.8 Å². The van der Waals surface area contributed by atoms with Crippen LogP contribution in [0.4, 0.5) is 5.69 Å². The van der Waals surface area contributed by atoms with Crippen molar-refractivity contribution in [2.45, 2.75) is 30.6 Å². The number of halogens is 1. The average molecular weight is 421 g/mol. The number of nitro groups is 1. The van der Waals surface area contributed by atoms with Crippen LogP contribution in [0.3, 0.4) is 0 Å². The number of non-ortho nitro benzene ring substituents is 1. The highest BCUT2D eigenvalue weighted by Gasteiger charge is 2.33. The van der Waals surface area contributed by atoms with Gasteiger partial charge in [0.05, 0.1) is 15.7 Å². The van der Waals surface area contributed by atoms with Crippen LogP contribution in [-0.4, -0.2) is 49.7 Å². The SMILES string of the molecule is Cl.NCCCCNC(=O)C1CCCN(S(=O)(=O)c2ccc([N+](=O)[O-])cc2)C1. The molecule has 1 saturated heterocycles. The topological polar surface area (TPSA) is 136 Å². The number of piperidine rings is 1.